The molecule has 0 fully saturated rings. The molecule has 13 heavy (non-hydrogen) atoms. The molecule has 70 valence electrons. The van der Waals surface area contributed by atoms with Gasteiger partial charge in [-0.3, -0.25) is 10.1 Å². The van der Waals surface area contributed by atoms with Crippen LogP contribution in [0.2, 0.25) is 0 Å². The molecule has 0 aliphatic heterocycles. The van der Waals surface area contributed by atoms with Crippen LogP contribution in [0.3, 0.4) is 0 Å². The second-order valence-electron chi connectivity index (χ2n) is 2.70. The van der Waals surface area contributed by atoms with Crippen LogP contribution in [0.1, 0.15) is 23.6 Å². The average molecular weight is 197 g/mol. The summed E-state index contributed by atoms with van der Waals surface area (Å²) in [5.74, 6) is 0. The molecule has 1 aromatic heterocycles. The lowest BCUT2D eigenvalue weighted by molar-refractivity contribution is -0.422. The standard InChI is InChI=1S/C9H11NO2S/c1-3-8-4-5-9(13-8)6-7(2)10(11)12/h4-6H,3H2,1-2H3/b7-6+. The van der Waals surface area contributed by atoms with Crippen LogP contribution in [0, 0.1) is 10.1 Å². The highest BCUT2D eigenvalue weighted by Crippen LogP contribution is 2.19. The lowest BCUT2D eigenvalue weighted by Crippen LogP contribution is -1.91. The molecule has 0 spiro atoms. The number of hydrogen-bond donors (Lipinski definition) is 0. The van der Waals surface area contributed by atoms with Gasteiger partial charge in [-0.05, 0) is 18.6 Å². The molecular formula is C9H11NO2S. The molecule has 0 N–H and O–H groups in total. The van der Waals surface area contributed by atoms with Gasteiger partial charge in [-0.2, -0.15) is 0 Å². The largest absolute Gasteiger partial charge is 0.259 e. The van der Waals surface area contributed by atoms with E-state index in [2.05, 4.69) is 6.92 Å². The Morgan fingerprint density at radius 1 is 1.69 bits per heavy atom. The van der Waals surface area contributed by atoms with E-state index in [0.717, 1.165) is 11.3 Å². The van der Waals surface area contributed by atoms with Crippen LogP contribution in [-0.4, -0.2) is 4.92 Å². The minimum absolute atomic E-state index is 0.185. The average Bonchev–Trinajstić information content (AvgIpc) is 2.52. The fraction of sp³-hybridized carbons (Fsp3) is 0.333. The molecule has 3 nitrogen and oxygen atoms in total. The predicted octanol–water partition coefficient (Wildman–Crippen LogP) is 2.95. The van der Waals surface area contributed by atoms with Crippen molar-refractivity contribution in [1.29, 1.82) is 0 Å². The minimum atomic E-state index is -0.370. The summed E-state index contributed by atoms with van der Waals surface area (Å²) in [4.78, 5) is 12.2. The summed E-state index contributed by atoms with van der Waals surface area (Å²) in [5.41, 5.74) is 0.185. The maximum atomic E-state index is 10.3. The number of hydrogen-bond acceptors (Lipinski definition) is 3. The predicted molar refractivity (Wildman–Crippen MR) is 54.3 cm³/mol. The third-order valence-electron chi connectivity index (χ3n) is 1.67. The maximum absolute atomic E-state index is 10.3. The Labute approximate surface area is 80.9 Å². The fourth-order valence-electron chi connectivity index (χ4n) is 0.921. The van der Waals surface area contributed by atoms with Crippen molar-refractivity contribution in [3.8, 4) is 0 Å². The van der Waals surface area contributed by atoms with E-state index in [1.807, 2.05) is 12.1 Å². The van der Waals surface area contributed by atoms with E-state index in [4.69, 9.17) is 0 Å². The first kappa shape index (κ1) is 9.92. The van der Waals surface area contributed by atoms with Crippen molar-refractivity contribution in [2.24, 2.45) is 0 Å². The molecule has 0 saturated heterocycles. The number of allylic oxidation sites excluding steroid dienone is 1. The van der Waals surface area contributed by atoms with Crippen molar-refractivity contribution >= 4 is 17.4 Å². The van der Waals surface area contributed by atoms with E-state index < -0.39 is 0 Å². The van der Waals surface area contributed by atoms with Gasteiger partial charge in [0.2, 0.25) is 5.70 Å². The van der Waals surface area contributed by atoms with Crippen molar-refractivity contribution < 1.29 is 4.92 Å². The van der Waals surface area contributed by atoms with E-state index in [-0.39, 0.29) is 10.6 Å². The molecule has 1 aromatic rings. The summed E-state index contributed by atoms with van der Waals surface area (Å²) in [6.07, 6.45) is 2.58. The van der Waals surface area contributed by atoms with Gasteiger partial charge in [0.15, 0.2) is 0 Å². The van der Waals surface area contributed by atoms with Crippen LogP contribution in [-0.2, 0) is 6.42 Å². The van der Waals surface area contributed by atoms with Gasteiger partial charge in [-0.1, -0.05) is 6.92 Å². The van der Waals surface area contributed by atoms with E-state index in [1.165, 1.54) is 11.8 Å². The summed E-state index contributed by atoms with van der Waals surface area (Å²) in [6, 6.07) is 3.92. The van der Waals surface area contributed by atoms with Gasteiger partial charge < -0.3 is 0 Å². The van der Waals surface area contributed by atoms with Crippen LogP contribution in [0.4, 0.5) is 0 Å². The minimum Gasteiger partial charge on any atom is -0.259 e. The van der Waals surface area contributed by atoms with E-state index in [0.29, 0.717) is 0 Å². The second kappa shape index (κ2) is 4.18. The number of rotatable bonds is 3. The summed E-state index contributed by atoms with van der Waals surface area (Å²) < 4.78 is 0. The molecule has 0 atom stereocenters. The first-order chi connectivity index (χ1) is 6.13. The molecule has 4 heteroatoms. The maximum Gasteiger partial charge on any atom is 0.244 e. The highest BCUT2D eigenvalue weighted by atomic mass is 32.1. The van der Waals surface area contributed by atoms with Gasteiger partial charge in [0.25, 0.3) is 0 Å². The molecule has 0 bridgehead atoms. The zero-order chi connectivity index (χ0) is 9.84. The lowest BCUT2D eigenvalue weighted by atomic mass is 10.3. The van der Waals surface area contributed by atoms with Crippen LogP contribution >= 0.6 is 11.3 Å². The van der Waals surface area contributed by atoms with Gasteiger partial charge in [0, 0.05) is 22.8 Å². The summed E-state index contributed by atoms with van der Waals surface area (Å²) in [6.45, 7) is 3.57. The zero-order valence-corrected chi connectivity index (χ0v) is 8.43. The molecule has 0 radical (unpaired) electrons. The topological polar surface area (TPSA) is 43.1 Å². The summed E-state index contributed by atoms with van der Waals surface area (Å²) in [7, 11) is 0. The Morgan fingerprint density at radius 2 is 2.38 bits per heavy atom. The van der Waals surface area contributed by atoms with E-state index >= 15 is 0 Å². The van der Waals surface area contributed by atoms with Crippen molar-refractivity contribution in [2.45, 2.75) is 20.3 Å². The van der Waals surface area contributed by atoms with Crippen LogP contribution in [0.15, 0.2) is 17.8 Å². The summed E-state index contributed by atoms with van der Waals surface area (Å²) >= 11 is 1.60. The van der Waals surface area contributed by atoms with Crippen molar-refractivity contribution in [3.63, 3.8) is 0 Å². The Morgan fingerprint density at radius 3 is 2.85 bits per heavy atom. The number of nitrogens with zero attached hydrogens (tertiary/aromatic N) is 1. The third-order valence-corrected chi connectivity index (χ3v) is 2.85. The Bertz CT molecular complexity index is 341. The first-order valence-corrected chi connectivity index (χ1v) is 4.86. The van der Waals surface area contributed by atoms with E-state index in [1.54, 1.807) is 17.4 Å². The fourth-order valence-corrected chi connectivity index (χ4v) is 1.87. The first-order valence-electron chi connectivity index (χ1n) is 4.05. The van der Waals surface area contributed by atoms with Crippen molar-refractivity contribution in [1.82, 2.24) is 0 Å². The van der Waals surface area contributed by atoms with Crippen LogP contribution in [0.5, 0.6) is 0 Å². The molecule has 0 unspecified atom stereocenters. The monoisotopic (exact) mass is 197 g/mol. The Hall–Kier alpha value is -1.16. The molecule has 1 rings (SSSR count). The Balaban J connectivity index is 2.84. The highest BCUT2D eigenvalue weighted by Gasteiger charge is 2.03. The lowest BCUT2D eigenvalue weighted by Gasteiger charge is -1.87. The zero-order valence-electron chi connectivity index (χ0n) is 7.61. The van der Waals surface area contributed by atoms with Gasteiger partial charge in [-0.25, -0.2) is 0 Å². The number of nitro groups is 1. The van der Waals surface area contributed by atoms with Crippen molar-refractivity contribution in [3.05, 3.63) is 37.7 Å². The van der Waals surface area contributed by atoms with Crippen molar-refractivity contribution in [2.75, 3.05) is 0 Å². The normalized spacial score (nSPS) is 11.7. The third kappa shape index (κ3) is 2.66. The van der Waals surface area contributed by atoms with E-state index in [9.17, 15) is 10.1 Å². The Kier molecular flexibility index (Phi) is 3.19. The summed E-state index contributed by atoms with van der Waals surface area (Å²) in [5, 5.41) is 10.3. The van der Waals surface area contributed by atoms with Crippen LogP contribution < -0.4 is 0 Å². The van der Waals surface area contributed by atoms with Gasteiger partial charge >= 0.3 is 0 Å². The van der Waals surface area contributed by atoms with Gasteiger partial charge in [-0.15, -0.1) is 11.3 Å². The molecule has 1 heterocycles. The molecule has 0 aromatic carbocycles. The smallest absolute Gasteiger partial charge is 0.244 e. The number of aryl methyl sites for hydroxylation is 1. The molecule has 0 saturated carbocycles. The van der Waals surface area contributed by atoms with Gasteiger partial charge in [0.1, 0.15) is 0 Å². The second-order valence-corrected chi connectivity index (χ2v) is 3.90. The molecule has 0 aliphatic carbocycles. The highest BCUT2D eigenvalue weighted by molar-refractivity contribution is 7.12. The SMILES string of the molecule is CCc1ccc(/C=C(\C)[N+](=O)[O-])s1. The number of thiophene rings is 1. The van der Waals surface area contributed by atoms with Gasteiger partial charge in [0.05, 0.1) is 4.92 Å². The van der Waals surface area contributed by atoms with Crippen LogP contribution in [0.25, 0.3) is 6.08 Å². The molecule has 0 aliphatic rings. The quantitative estimate of drug-likeness (QED) is 0.552. The molecule has 0 amide bonds. The molecular weight excluding hydrogens is 186 g/mol.